The normalized spacial score (nSPS) is 10.5. The molecule has 2 rings (SSSR count). The van der Waals surface area contributed by atoms with Crippen LogP contribution in [0.5, 0.6) is 0 Å². The molecule has 0 saturated carbocycles. The number of hydrogen-bond acceptors (Lipinski definition) is 5. The Balaban J connectivity index is 2.20. The molecule has 7 heteroatoms. The van der Waals surface area contributed by atoms with E-state index in [4.69, 9.17) is 27.9 Å². The minimum atomic E-state index is 0.535. The van der Waals surface area contributed by atoms with Crippen molar-refractivity contribution in [3.63, 3.8) is 0 Å². The highest BCUT2D eigenvalue weighted by Crippen LogP contribution is 2.32. The van der Waals surface area contributed by atoms with E-state index in [-0.39, 0.29) is 0 Å². The summed E-state index contributed by atoms with van der Waals surface area (Å²) in [5.41, 5.74) is 0.627. The number of nitrogens with one attached hydrogen (secondary N) is 2. The molecule has 0 aliphatic rings. The zero-order valence-electron chi connectivity index (χ0n) is 11.8. The lowest BCUT2D eigenvalue weighted by atomic mass is 10.3. The Kier molecular flexibility index (Phi) is 5.61. The van der Waals surface area contributed by atoms with E-state index >= 15 is 0 Å². The minimum Gasteiger partial charge on any atom is -0.383 e. The maximum atomic E-state index is 6.14. The summed E-state index contributed by atoms with van der Waals surface area (Å²) >= 11 is 12.3. The second-order valence-electron chi connectivity index (χ2n) is 4.33. The molecule has 0 spiro atoms. The summed E-state index contributed by atoms with van der Waals surface area (Å²) in [4.78, 5) is 8.64. The molecule has 0 radical (unpaired) electrons. The van der Waals surface area contributed by atoms with E-state index in [9.17, 15) is 0 Å². The smallest absolute Gasteiger partial charge is 0.136 e. The average Bonchev–Trinajstić information content (AvgIpc) is 2.43. The van der Waals surface area contributed by atoms with E-state index in [1.54, 1.807) is 31.4 Å². The van der Waals surface area contributed by atoms with E-state index in [0.717, 1.165) is 0 Å². The van der Waals surface area contributed by atoms with E-state index in [1.807, 2.05) is 6.92 Å². The van der Waals surface area contributed by atoms with Crippen molar-refractivity contribution in [3.8, 4) is 0 Å². The van der Waals surface area contributed by atoms with Gasteiger partial charge in [0.2, 0.25) is 0 Å². The Hall–Kier alpha value is -1.56. The molecule has 0 fully saturated rings. The lowest BCUT2D eigenvalue weighted by Crippen LogP contribution is -2.10. The summed E-state index contributed by atoms with van der Waals surface area (Å²) in [5, 5.41) is 7.36. The van der Waals surface area contributed by atoms with Crippen molar-refractivity contribution in [2.24, 2.45) is 0 Å². The highest BCUT2D eigenvalue weighted by atomic mass is 35.5. The third kappa shape index (κ3) is 4.46. The standard InChI is InChI=1S/C14H16Cl2N4O/c1-9-18-12(17-6-7-21-2)8-13(19-9)20-14-10(15)4-3-5-11(14)16/h3-5,8H,6-7H2,1-2H3,(H2,17,18,19,20). The summed E-state index contributed by atoms with van der Waals surface area (Å²) in [6, 6.07) is 7.12. The monoisotopic (exact) mass is 326 g/mol. The molecule has 0 saturated heterocycles. The lowest BCUT2D eigenvalue weighted by Gasteiger charge is -2.12. The van der Waals surface area contributed by atoms with Gasteiger partial charge in [0.15, 0.2) is 0 Å². The SMILES string of the molecule is COCCNc1cc(Nc2c(Cl)cccc2Cl)nc(C)n1. The van der Waals surface area contributed by atoms with Gasteiger partial charge in [0.05, 0.1) is 22.3 Å². The van der Waals surface area contributed by atoms with Crippen LogP contribution in [0, 0.1) is 6.92 Å². The number of nitrogens with zero attached hydrogens (tertiary/aromatic N) is 2. The number of aryl methyl sites for hydroxylation is 1. The summed E-state index contributed by atoms with van der Waals surface area (Å²) in [7, 11) is 1.65. The van der Waals surface area contributed by atoms with Crippen molar-refractivity contribution in [1.82, 2.24) is 9.97 Å². The first-order valence-electron chi connectivity index (χ1n) is 6.39. The molecule has 1 aromatic carbocycles. The van der Waals surface area contributed by atoms with E-state index in [0.29, 0.717) is 46.3 Å². The summed E-state index contributed by atoms with van der Waals surface area (Å²) in [5.74, 6) is 1.98. The van der Waals surface area contributed by atoms with Gasteiger partial charge in [0.25, 0.3) is 0 Å². The fraction of sp³-hybridized carbons (Fsp3) is 0.286. The number of aromatic nitrogens is 2. The number of methoxy groups -OCH3 is 1. The average molecular weight is 327 g/mol. The fourth-order valence-corrected chi connectivity index (χ4v) is 2.24. The molecule has 5 nitrogen and oxygen atoms in total. The van der Waals surface area contributed by atoms with Crippen molar-refractivity contribution in [2.45, 2.75) is 6.92 Å². The van der Waals surface area contributed by atoms with Gasteiger partial charge in [0, 0.05) is 19.7 Å². The van der Waals surface area contributed by atoms with Crippen LogP contribution >= 0.6 is 23.2 Å². The quantitative estimate of drug-likeness (QED) is 0.788. The molecule has 2 aromatic rings. The van der Waals surface area contributed by atoms with Crippen LogP contribution in [0.1, 0.15) is 5.82 Å². The number of ether oxygens (including phenoxy) is 1. The topological polar surface area (TPSA) is 59.1 Å². The van der Waals surface area contributed by atoms with Crippen LogP contribution in [0.2, 0.25) is 10.0 Å². The first kappa shape index (κ1) is 15.8. The minimum absolute atomic E-state index is 0.535. The molecule has 112 valence electrons. The summed E-state index contributed by atoms with van der Waals surface area (Å²) < 4.78 is 4.99. The van der Waals surface area contributed by atoms with E-state index in [2.05, 4.69) is 20.6 Å². The molecule has 1 heterocycles. The van der Waals surface area contributed by atoms with E-state index < -0.39 is 0 Å². The van der Waals surface area contributed by atoms with Gasteiger partial charge in [0.1, 0.15) is 17.5 Å². The van der Waals surface area contributed by atoms with Crippen molar-refractivity contribution >= 4 is 40.5 Å². The molecule has 0 atom stereocenters. The van der Waals surface area contributed by atoms with Crippen LogP contribution in [0.25, 0.3) is 0 Å². The van der Waals surface area contributed by atoms with Crippen LogP contribution in [-0.4, -0.2) is 30.2 Å². The third-order valence-corrected chi connectivity index (χ3v) is 3.30. The van der Waals surface area contributed by atoms with Crippen LogP contribution < -0.4 is 10.6 Å². The third-order valence-electron chi connectivity index (χ3n) is 2.67. The van der Waals surface area contributed by atoms with Crippen molar-refractivity contribution < 1.29 is 4.74 Å². The van der Waals surface area contributed by atoms with Gasteiger partial charge in [-0.05, 0) is 19.1 Å². The second-order valence-corrected chi connectivity index (χ2v) is 5.14. The Bertz CT molecular complexity index is 602. The Morgan fingerprint density at radius 2 is 1.81 bits per heavy atom. The number of para-hydroxylation sites is 1. The first-order valence-corrected chi connectivity index (χ1v) is 7.15. The largest absolute Gasteiger partial charge is 0.383 e. The number of hydrogen-bond donors (Lipinski definition) is 2. The van der Waals surface area contributed by atoms with Gasteiger partial charge >= 0.3 is 0 Å². The Labute approximate surface area is 133 Å². The van der Waals surface area contributed by atoms with Crippen LogP contribution in [0.4, 0.5) is 17.3 Å². The second kappa shape index (κ2) is 7.45. The number of anilines is 3. The summed E-state index contributed by atoms with van der Waals surface area (Å²) in [6.45, 7) is 3.09. The van der Waals surface area contributed by atoms with Gasteiger partial charge in [-0.2, -0.15) is 0 Å². The number of halogens is 2. The van der Waals surface area contributed by atoms with Crippen molar-refractivity contribution in [2.75, 3.05) is 30.9 Å². The van der Waals surface area contributed by atoms with E-state index in [1.165, 1.54) is 0 Å². The first-order chi connectivity index (χ1) is 10.1. The maximum Gasteiger partial charge on any atom is 0.136 e. The molecular weight excluding hydrogens is 311 g/mol. The fourth-order valence-electron chi connectivity index (χ4n) is 1.75. The molecule has 0 bridgehead atoms. The van der Waals surface area contributed by atoms with Gasteiger partial charge in [-0.1, -0.05) is 29.3 Å². The zero-order chi connectivity index (χ0) is 15.2. The number of benzene rings is 1. The molecule has 0 amide bonds. The molecule has 0 aliphatic heterocycles. The van der Waals surface area contributed by atoms with Crippen LogP contribution in [0.3, 0.4) is 0 Å². The lowest BCUT2D eigenvalue weighted by molar-refractivity contribution is 0.210. The van der Waals surface area contributed by atoms with Crippen LogP contribution in [0.15, 0.2) is 24.3 Å². The predicted octanol–water partition coefficient (Wildman–Crippen LogP) is 3.89. The Morgan fingerprint density at radius 1 is 1.14 bits per heavy atom. The van der Waals surface area contributed by atoms with Gasteiger partial charge < -0.3 is 15.4 Å². The van der Waals surface area contributed by atoms with Gasteiger partial charge in [-0.25, -0.2) is 9.97 Å². The number of rotatable bonds is 6. The van der Waals surface area contributed by atoms with Crippen molar-refractivity contribution in [1.29, 1.82) is 0 Å². The Morgan fingerprint density at radius 3 is 2.48 bits per heavy atom. The van der Waals surface area contributed by atoms with Gasteiger partial charge in [-0.3, -0.25) is 0 Å². The highest BCUT2D eigenvalue weighted by Gasteiger charge is 2.08. The molecule has 21 heavy (non-hydrogen) atoms. The molecule has 0 unspecified atom stereocenters. The predicted molar refractivity (Wildman–Crippen MR) is 86.9 cm³/mol. The highest BCUT2D eigenvalue weighted by molar-refractivity contribution is 6.39. The molecule has 1 aromatic heterocycles. The molecular formula is C14H16Cl2N4O. The maximum absolute atomic E-state index is 6.14. The summed E-state index contributed by atoms with van der Waals surface area (Å²) in [6.07, 6.45) is 0. The van der Waals surface area contributed by atoms with Crippen LogP contribution in [-0.2, 0) is 4.74 Å². The molecule has 2 N–H and O–H groups in total. The van der Waals surface area contributed by atoms with Gasteiger partial charge in [-0.15, -0.1) is 0 Å². The molecule has 0 aliphatic carbocycles. The zero-order valence-corrected chi connectivity index (χ0v) is 13.3. The van der Waals surface area contributed by atoms with Crippen molar-refractivity contribution in [3.05, 3.63) is 40.1 Å².